The van der Waals surface area contributed by atoms with Crippen molar-refractivity contribution in [3.63, 3.8) is 0 Å². The van der Waals surface area contributed by atoms with Crippen molar-refractivity contribution in [1.29, 1.82) is 0 Å². The molecule has 66 valence electrons. The summed E-state index contributed by atoms with van der Waals surface area (Å²) in [7, 11) is 0. The van der Waals surface area contributed by atoms with Crippen LogP contribution in [-0.4, -0.2) is 11.7 Å². The Bertz CT molecular complexity index is 261. The van der Waals surface area contributed by atoms with E-state index in [1.807, 2.05) is 25.1 Å². The molecule has 0 radical (unpaired) electrons. The highest BCUT2D eigenvalue weighted by Gasteiger charge is 2.05. The minimum atomic E-state index is 0.0339. The van der Waals surface area contributed by atoms with Gasteiger partial charge in [0.1, 0.15) is 5.75 Å². The maximum absolute atomic E-state index is 8.99. The van der Waals surface area contributed by atoms with Crippen molar-refractivity contribution in [2.45, 2.75) is 13.5 Å². The van der Waals surface area contributed by atoms with Crippen LogP contribution in [0.1, 0.15) is 12.5 Å². The number of hydrogen-bond acceptors (Lipinski definition) is 2. The molecule has 0 amide bonds. The summed E-state index contributed by atoms with van der Waals surface area (Å²) in [6, 6.07) is 5.74. The largest absolute Gasteiger partial charge is 0.492 e. The lowest BCUT2D eigenvalue weighted by Crippen LogP contribution is -1.98. The topological polar surface area (TPSA) is 29.5 Å². The van der Waals surface area contributed by atoms with Gasteiger partial charge in [-0.1, -0.05) is 12.1 Å². The van der Waals surface area contributed by atoms with Gasteiger partial charge in [0.15, 0.2) is 0 Å². The molecule has 1 N–H and O–H groups in total. The Morgan fingerprint density at radius 2 is 2.25 bits per heavy atom. The second kappa shape index (κ2) is 4.67. The Kier molecular flexibility index (Phi) is 3.81. The van der Waals surface area contributed by atoms with Crippen LogP contribution in [0.25, 0.3) is 0 Å². The van der Waals surface area contributed by atoms with Crippen LogP contribution in [0.4, 0.5) is 0 Å². The Balaban J connectivity index is 3.02. The Labute approximate surface area is 85.7 Å². The van der Waals surface area contributed by atoms with Crippen LogP contribution in [0.15, 0.2) is 18.2 Å². The molecule has 0 atom stereocenters. The summed E-state index contributed by atoms with van der Waals surface area (Å²) in [5.41, 5.74) is 0.851. The first-order valence-electron chi connectivity index (χ1n) is 3.80. The van der Waals surface area contributed by atoms with Gasteiger partial charge in [0.05, 0.1) is 16.8 Å². The molecule has 0 bridgehead atoms. The standard InChI is InChI=1S/C9H11IO2/c1-2-12-9-7(6-11)4-3-5-8(9)10/h3-5,11H,2,6H2,1H3. The summed E-state index contributed by atoms with van der Waals surface area (Å²) < 4.78 is 6.43. The molecule has 0 saturated carbocycles. The molecule has 0 spiro atoms. The number of ether oxygens (including phenoxy) is 1. The number of hydrogen-bond donors (Lipinski definition) is 1. The van der Waals surface area contributed by atoms with Gasteiger partial charge in [0.25, 0.3) is 0 Å². The van der Waals surface area contributed by atoms with Crippen LogP contribution >= 0.6 is 22.6 Å². The number of halogens is 1. The lowest BCUT2D eigenvalue weighted by Gasteiger charge is -2.09. The van der Waals surface area contributed by atoms with E-state index in [0.717, 1.165) is 14.9 Å². The highest BCUT2D eigenvalue weighted by atomic mass is 127. The SMILES string of the molecule is CCOc1c(I)cccc1CO. The molecule has 0 unspecified atom stereocenters. The third-order valence-corrected chi connectivity index (χ3v) is 2.36. The van der Waals surface area contributed by atoms with Crippen molar-refractivity contribution in [2.75, 3.05) is 6.61 Å². The molecule has 2 nitrogen and oxygen atoms in total. The first-order chi connectivity index (χ1) is 5.79. The molecule has 0 aromatic heterocycles. The van der Waals surface area contributed by atoms with Crippen molar-refractivity contribution in [3.8, 4) is 5.75 Å². The molecule has 0 aliphatic carbocycles. The van der Waals surface area contributed by atoms with Gasteiger partial charge in [0, 0.05) is 5.56 Å². The van der Waals surface area contributed by atoms with Gasteiger partial charge in [0.2, 0.25) is 0 Å². The van der Waals surface area contributed by atoms with Crippen LogP contribution in [-0.2, 0) is 6.61 Å². The zero-order chi connectivity index (χ0) is 8.97. The highest BCUT2D eigenvalue weighted by Crippen LogP contribution is 2.25. The number of rotatable bonds is 3. The minimum absolute atomic E-state index is 0.0339. The van der Waals surface area contributed by atoms with Crippen LogP contribution in [0.5, 0.6) is 5.75 Å². The molecule has 1 rings (SSSR count). The number of aliphatic hydroxyl groups is 1. The maximum Gasteiger partial charge on any atom is 0.138 e. The van der Waals surface area contributed by atoms with Gasteiger partial charge in [-0.15, -0.1) is 0 Å². The van der Waals surface area contributed by atoms with Crippen LogP contribution in [0.3, 0.4) is 0 Å². The summed E-state index contributed by atoms with van der Waals surface area (Å²) in [5, 5.41) is 8.99. The second-order valence-corrected chi connectivity index (χ2v) is 3.48. The Morgan fingerprint density at radius 3 is 2.83 bits per heavy atom. The van der Waals surface area contributed by atoms with Crippen molar-refractivity contribution in [1.82, 2.24) is 0 Å². The highest BCUT2D eigenvalue weighted by molar-refractivity contribution is 14.1. The van der Waals surface area contributed by atoms with Crippen molar-refractivity contribution in [2.24, 2.45) is 0 Å². The van der Waals surface area contributed by atoms with Gasteiger partial charge < -0.3 is 9.84 Å². The first-order valence-corrected chi connectivity index (χ1v) is 4.88. The molecule has 12 heavy (non-hydrogen) atoms. The average molecular weight is 278 g/mol. The predicted molar refractivity (Wildman–Crippen MR) is 56.3 cm³/mol. The van der Waals surface area contributed by atoms with Gasteiger partial charge in [-0.05, 0) is 35.6 Å². The molecule has 3 heteroatoms. The second-order valence-electron chi connectivity index (χ2n) is 2.32. The van der Waals surface area contributed by atoms with E-state index in [0.29, 0.717) is 6.61 Å². The predicted octanol–water partition coefficient (Wildman–Crippen LogP) is 2.18. The van der Waals surface area contributed by atoms with Gasteiger partial charge in [-0.25, -0.2) is 0 Å². The fourth-order valence-electron chi connectivity index (χ4n) is 0.984. The van der Waals surface area contributed by atoms with E-state index < -0.39 is 0 Å². The fourth-order valence-corrected chi connectivity index (χ4v) is 1.69. The number of para-hydroxylation sites is 1. The zero-order valence-corrected chi connectivity index (χ0v) is 9.04. The number of aliphatic hydroxyl groups excluding tert-OH is 1. The Morgan fingerprint density at radius 1 is 1.50 bits per heavy atom. The van der Waals surface area contributed by atoms with E-state index in [1.165, 1.54) is 0 Å². The van der Waals surface area contributed by atoms with Gasteiger partial charge in [-0.2, -0.15) is 0 Å². The summed E-state index contributed by atoms with van der Waals surface area (Å²) in [4.78, 5) is 0. The molecular formula is C9H11IO2. The number of benzene rings is 1. The molecule has 0 aliphatic rings. The average Bonchev–Trinajstić information content (AvgIpc) is 2.09. The third-order valence-electron chi connectivity index (χ3n) is 1.51. The van der Waals surface area contributed by atoms with E-state index in [-0.39, 0.29) is 6.61 Å². The Hall–Kier alpha value is -0.290. The van der Waals surface area contributed by atoms with Crippen LogP contribution in [0.2, 0.25) is 0 Å². The monoisotopic (exact) mass is 278 g/mol. The first kappa shape index (κ1) is 9.80. The normalized spacial score (nSPS) is 9.92. The lowest BCUT2D eigenvalue weighted by molar-refractivity contribution is 0.266. The molecule has 0 saturated heterocycles. The molecule has 1 aromatic rings. The van der Waals surface area contributed by atoms with Crippen LogP contribution in [0, 0.1) is 3.57 Å². The molecule has 0 heterocycles. The third kappa shape index (κ3) is 2.10. The van der Waals surface area contributed by atoms with E-state index in [1.54, 1.807) is 0 Å². The van der Waals surface area contributed by atoms with E-state index in [9.17, 15) is 0 Å². The van der Waals surface area contributed by atoms with Gasteiger partial charge >= 0.3 is 0 Å². The molecule has 0 fully saturated rings. The van der Waals surface area contributed by atoms with E-state index >= 15 is 0 Å². The summed E-state index contributed by atoms with van der Waals surface area (Å²) in [5.74, 6) is 0.808. The van der Waals surface area contributed by atoms with Crippen molar-refractivity contribution in [3.05, 3.63) is 27.3 Å². The lowest BCUT2D eigenvalue weighted by atomic mass is 10.2. The van der Waals surface area contributed by atoms with Crippen molar-refractivity contribution >= 4 is 22.6 Å². The minimum Gasteiger partial charge on any atom is -0.492 e. The summed E-state index contributed by atoms with van der Waals surface area (Å²) >= 11 is 2.20. The van der Waals surface area contributed by atoms with Crippen LogP contribution < -0.4 is 4.74 Å². The molecule has 1 aromatic carbocycles. The van der Waals surface area contributed by atoms with E-state index in [2.05, 4.69) is 22.6 Å². The molecular weight excluding hydrogens is 267 g/mol. The zero-order valence-electron chi connectivity index (χ0n) is 6.88. The maximum atomic E-state index is 8.99. The smallest absolute Gasteiger partial charge is 0.138 e. The summed E-state index contributed by atoms with van der Waals surface area (Å²) in [6.45, 7) is 2.60. The quantitative estimate of drug-likeness (QED) is 0.859. The summed E-state index contributed by atoms with van der Waals surface area (Å²) in [6.07, 6.45) is 0. The van der Waals surface area contributed by atoms with Crippen molar-refractivity contribution < 1.29 is 9.84 Å². The molecule has 0 aliphatic heterocycles. The van der Waals surface area contributed by atoms with Gasteiger partial charge in [-0.3, -0.25) is 0 Å². The fraction of sp³-hybridized carbons (Fsp3) is 0.333. The van der Waals surface area contributed by atoms with E-state index in [4.69, 9.17) is 9.84 Å².